The van der Waals surface area contributed by atoms with E-state index >= 15 is 0 Å². The van der Waals surface area contributed by atoms with E-state index in [0.717, 1.165) is 5.56 Å². The first kappa shape index (κ1) is 13.8. The maximum Gasteiger partial charge on any atom is 0.317 e. The molecule has 0 N–H and O–H groups in total. The second-order valence-electron chi connectivity index (χ2n) is 3.37. The van der Waals surface area contributed by atoms with Crippen LogP contribution in [0.4, 0.5) is 0 Å². The molecule has 0 bridgehead atoms. The topological polar surface area (TPSA) is 44.8 Å². The molecule has 5 heteroatoms. The lowest BCUT2D eigenvalue weighted by Gasteiger charge is -2.17. The van der Waals surface area contributed by atoms with Crippen molar-refractivity contribution in [1.29, 1.82) is 0 Å². The van der Waals surface area contributed by atoms with Gasteiger partial charge in [0.2, 0.25) is 0 Å². The highest BCUT2D eigenvalue weighted by Crippen LogP contribution is 2.31. The van der Waals surface area contributed by atoms with Crippen LogP contribution in [0.5, 0.6) is 11.5 Å². The summed E-state index contributed by atoms with van der Waals surface area (Å²) in [5.41, 5.74) is 0.779. The van der Waals surface area contributed by atoms with E-state index in [-0.39, 0.29) is 17.4 Å². The Morgan fingerprint density at radius 1 is 1.35 bits per heavy atom. The predicted octanol–water partition coefficient (Wildman–Crippen LogP) is 2.70. The lowest BCUT2D eigenvalue weighted by Crippen LogP contribution is -2.10. The predicted molar refractivity (Wildman–Crippen MR) is 67.8 cm³/mol. The molecular weight excluding hydrogens is 288 g/mol. The van der Waals surface area contributed by atoms with E-state index in [9.17, 15) is 4.79 Å². The Labute approximate surface area is 109 Å². The van der Waals surface area contributed by atoms with Crippen molar-refractivity contribution in [3.05, 3.63) is 23.8 Å². The molecular formula is C12H15BrO4. The van der Waals surface area contributed by atoms with Gasteiger partial charge in [-0.2, -0.15) is 0 Å². The van der Waals surface area contributed by atoms with Crippen LogP contribution in [-0.4, -0.2) is 25.5 Å². The number of esters is 1. The average molecular weight is 303 g/mol. The van der Waals surface area contributed by atoms with Crippen LogP contribution in [0.1, 0.15) is 18.6 Å². The van der Waals surface area contributed by atoms with E-state index in [4.69, 9.17) is 14.2 Å². The largest absolute Gasteiger partial charge is 0.497 e. The third-order valence-electron chi connectivity index (χ3n) is 2.29. The van der Waals surface area contributed by atoms with Crippen LogP contribution in [0, 0.1) is 0 Å². The minimum Gasteiger partial charge on any atom is -0.497 e. The van der Waals surface area contributed by atoms with Crippen LogP contribution in [0.2, 0.25) is 0 Å². The Morgan fingerprint density at radius 2 is 2.06 bits per heavy atom. The fourth-order valence-electron chi connectivity index (χ4n) is 1.45. The van der Waals surface area contributed by atoms with Gasteiger partial charge in [0.15, 0.2) is 0 Å². The van der Waals surface area contributed by atoms with Gasteiger partial charge in [0.25, 0.3) is 0 Å². The van der Waals surface area contributed by atoms with Gasteiger partial charge in [-0.15, -0.1) is 0 Å². The minimum atomic E-state index is -0.384. The highest BCUT2D eigenvalue weighted by atomic mass is 79.9. The smallest absolute Gasteiger partial charge is 0.317 e. The molecule has 0 spiro atoms. The van der Waals surface area contributed by atoms with Crippen LogP contribution in [-0.2, 0) is 9.53 Å². The lowest BCUT2D eigenvalue weighted by atomic mass is 10.1. The number of benzene rings is 1. The molecule has 94 valence electrons. The Balaban J connectivity index is 2.96. The Bertz CT molecular complexity index is 392. The molecule has 0 heterocycles. The number of ether oxygens (including phenoxy) is 3. The van der Waals surface area contributed by atoms with Crippen LogP contribution < -0.4 is 9.47 Å². The Hall–Kier alpha value is -1.23. The van der Waals surface area contributed by atoms with Crippen LogP contribution in [0.15, 0.2) is 18.2 Å². The molecule has 4 nitrogen and oxygen atoms in total. The molecule has 0 aliphatic heterocycles. The van der Waals surface area contributed by atoms with Crippen molar-refractivity contribution in [2.45, 2.75) is 13.0 Å². The molecule has 0 aliphatic rings. The summed E-state index contributed by atoms with van der Waals surface area (Å²) in [5.74, 6) is 1.05. The summed E-state index contributed by atoms with van der Waals surface area (Å²) < 4.78 is 15.6. The van der Waals surface area contributed by atoms with E-state index in [0.29, 0.717) is 11.5 Å². The molecule has 1 aromatic rings. The Kier molecular flexibility index (Phi) is 5.28. The highest BCUT2D eigenvalue weighted by molar-refractivity contribution is 9.09. The molecule has 0 aliphatic carbocycles. The van der Waals surface area contributed by atoms with Gasteiger partial charge in [0, 0.05) is 5.56 Å². The Morgan fingerprint density at radius 3 is 2.59 bits per heavy atom. The average Bonchev–Trinajstić information content (AvgIpc) is 2.37. The van der Waals surface area contributed by atoms with Crippen molar-refractivity contribution >= 4 is 21.9 Å². The zero-order valence-electron chi connectivity index (χ0n) is 10.0. The van der Waals surface area contributed by atoms with Crippen LogP contribution >= 0.6 is 15.9 Å². The molecule has 1 rings (SSSR count). The molecule has 17 heavy (non-hydrogen) atoms. The number of carbonyl (C=O) groups excluding carboxylic acids is 1. The van der Waals surface area contributed by atoms with E-state index in [2.05, 4.69) is 15.9 Å². The van der Waals surface area contributed by atoms with Gasteiger partial charge >= 0.3 is 5.97 Å². The second-order valence-corrected chi connectivity index (χ2v) is 3.93. The van der Waals surface area contributed by atoms with Gasteiger partial charge in [0.05, 0.1) is 14.2 Å². The van der Waals surface area contributed by atoms with Crippen molar-refractivity contribution in [3.63, 3.8) is 0 Å². The maximum atomic E-state index is 11.2. The highest BCUT2D eigenvalue weighted by Gasteiger charge is 2.16. The van der Waals surface area contributed by atoms with Crippen molar-refractivity contribution in [3.8, 4) is 11.5 Å². The summed E-state index contributed by atoms with van der Waals surface area (Å²) >= 11 is 3.05. The summed E-state index contributed by atoms with van der Waals surface area (Å²) in [6, 6.07) is 5.37. The monoisotopic (exact) mass is 302 g/mol. The van der Waals surface area contributed by atoms with Crippen molar-refractivity contribution < 1.29 is 19.0 Å². The van der Waals surface area contributed by atoms with Gasteiger partial charge in [-0.25, -0.2) is 0 Å². The number of rotatable bonds is 5. The summed E-state index contributed by atoms with van der Waals surface area (Å²) in [5, 5.41) is 0.170. The summed E-state index contributed by atoms with van der Waals surface area (Å²) in [6.07, 6.45) is -0.384. The standard InChI is InChI=1S/C12H15BrO4/c1-8(17-12(14)7-13)10-6-9(15-2)4-5-11(10)16-3/h4-6,8H,7H2,1-3H3. The van der Waals surface area contributed by atoms with E-state index in [1.165, 1.54) is 0 Å². The molecule has 0 aromatic heterocycles. The SMILES string of the molecule is COc1ccc(OC)c(C(C)OC(=O)CBr)c1. The first-order chi connectivity index (χ1) is 8.12. The number of alkyl halides is 1. The molecule has 0 saturated heterocycles. The van der Waals surface area contributed by atoms with Gasteiger partial charge in [-0.05, 0) is 25.1 Å². The second kappa shape index (κ2) is 6.49. The number of carbonyl (C=O) groups is 1. The summed E-state index contributed by atoms with van der Waals surface area (Å²) in [4.78, 5) is 11.2. The van der Waals surface area contributed by atoms with Gasteiger partial charge in [-0.1, -0.05) is 15.9 Å². The molecule has 1 atom stereocenters. The minimum absolute atomic E-state index is 0.170. The third-order valence-corrected chi connectivity index (χ3v) is 2.75. The molecule has 0 fully saturated rings. The zero-order chi connectivity index (χ0) is 12.8. The van der Waals surface area contributed by atoms with Crippen molar-refractivity contribution in [2.75, 3.05) is 19.5 Å². The normalized spacial score (nSPS) is 11.8. The van der Waals surface area contributed by atoms with Gasteiger partial charge in [0.1, 0.15) is 22.9 Å². The number of methoxy groups -OCH3 is 2. The van der Waals surface area contributed by atoms with E-state index < -0.39 is 0 Å². The van der Waals surface area contributed by atoms with Crippen molar-refractivity contribution in [1.82, 2.24) is 0 Å². The summed E-state index contributed by atoms with van der Waals surface area (Å²) in [6.45, 7) is 1.79. The number of hydrogen-bond donors (Lipinski definition) is 0. The summed E-state index contributed by atoms with van der Waals surface area (Å²) in [7, 11) is 3.16. The molecule has 0 radical (unpaired) electrons. The quantitative estimate of drug-likeness (QED) is 0.620. The molecule has 0 saturated carbocycles. The van der Waals surface area contributed by atoms with Crippen LogP contribution in [0.25, 0.3) is 0 Å². The van der Waals surface area contributed by atoms with Crippen LogP contribution in [0.3, 0.4) is 0 Å². The van der Waals surface area contributed by atoms with E-state index in [1.54, 1.807) is 39.3 Å². The van der Waals surface area contributed by atoms with Gasteiger partial charge < -0.3 is 14.2 Å². The molecule has 1 unspecified atom stereocenters. The first-order valence-corrected chi connectivity index (χ1v) is 6.22. The lowest BCUT2D eigenvalue weighted by molar-refractivity contribution is -0.145. The first-order valence-electron chi connectivity index (χ1n) is 5.09. The number of halogens is 1. The maximum absolute atomic E-state index is 11.2. The fourth-order valence-corrected chi connectivity index (χ4v) is 1.58. The van der Waals surface area contributed by atoms with E-state index in [1.807, 2.05) is 0 Å². The third kappa shape index (κ3) is 3.63. The zero-order valence-corrected chi connectivity index (χ0v) is 11.6. The van der Waals surface area contributed by atoms with Crippen molar-refractivity contribution in [2.24, 2.45) is 0 Å². The van der Waals surface area contributed by atoms with Gasteiger partial charge in [-0.3, -0.25) is 4.79 Å². The number of hydrogen-bond acceptors (Lipinski definition) is 4. The fraction of sp³-hybridized carbons (Fsp3) is 0.417. The molecule has 1 aromatic carbocycles. The molecule has 0 amide bonds.